The highest BCUT2D eigenvalue weighted by Crippen LogP contribution is 2.24. The summed E-state index contributed by atoms with van der Waals surface area (Å²) in [6, 6.07) is 14.9. The fourth-order valence-corrected chi connectivity index (χ4v) is 3.69. The highest BCUT2D eigenvalue weighted by atomic mass is 32.1. The van der Waals surface area contributed by atoms with Crippen LogP contribution in [0.1, 0.15) is 25.8 Å². The second-order valence-electron chi connectivity index (χ2n) is 6.99. The molecule has 2 aromatic carbocycles. The monoisotopic (exact) mass is 381 g/mol. The van der Waals surface area contributed by atoms with E-state index in [0.29, 0.717) is 5.92 Å². The fraction of sp³-hybridized carbons (Fsp3) is 0.286. The van der Waals surface area contributed by atoms with Gasteiger partial charge < -0.3 is 4.57 Å². The van der Waals surface area contributed by atoms with Gasteiger partial charge in [0.25, 0.3) is 5.69 Å². The van der Waals surface area contributed by atoms with Crippen LogP contribution in [0.2, 0.25) is 0 Å². The Morgan fingerprint density at radius 1 is 1.11 bits per heavy atom. The minimum absolute atomic E-state index is 0.104. The number of thiazole rings is 1. The third-order valence-electron chi connectivity index (χ3n) is 4.36. The van der Waals surface area contributed by atoms with Gasteiger partial charge in [-0.15, -0.1) is 11.3 Å². The van der Waals surface area contributed by atoms with E-state index in [4.69, 9.17) is 4.99 Å². The summed E-state index contributed by atoms with van der Waals surface area (Å²) in [4.78, 5) is 16.3. The van der Waals surface area contributed by atoms with Crippen molar-refractivity contribution in [3.63, 3.8) is 0 Å². The van der Waals surface area contributed by atoms with Crippen LogP contribution in [-0.4, -0.2) is 9.49 Å². The zero-order valence-corrected chi connectivity index (χ0v) is 16.6. The number of hydrogen-bond donors (Lipinski definition) is 0. The number of non-ortho nitro benzene ring substituents is 1. The average molecular weight is 382 g/mol. The van der Waals surface area contributed by atoms with Crippen molar-refractivity contribution in [2.24, 2.45) is 10.9 Å². The maximum atomic E-state index is 10.9. The summed E-state index contributed by atoms with van der Waals surface area (Å²) in [6.45, 7) is 7.33. The number of benzene rings is 2. The molecule has 3 rings (SSSR count). The standard InChI is InChI=1S/C21H23N3O2S/c1-15(2)12-13-23-20(17-6-10-19(11-7-17)24(25)26)14-27-21(23)22-18-8-4-16(3)5-9-18/h4-11,14-15H,12-13H2,1-3H3. The normalized spacial score (nSPS) is 11.9. The first kappa shape index (κ1) is 19.0. The number of hydrogen-bond acceptors (Lipinski definition) is 4. The highest BCUT2D eigenvalue weighted by molar-refractivity contribution is 7.07. The zero-order chi connectivity index (χ0) is 19.4. The van der Waals surface area contributed by atoms with Gasteiger partial charge in [-0.2, -0.15) is 0 Å². The van der Waals surface area contributed by atoms with Crippen LogP contribution in [0.4, 0.5) is 11.4 Å². The molecule has 0 amide bonds. The van der Waals surface area contributed by atoms with Crippen LogP contribution in [0.3, 0.4) is 0 Å². The van der Waals surface area contributed by atoms with Crippen LogP contribution in [0.5, 0.6) is 0 Å². The summed E-state index contributed by atoms with van der Waals surface area (Å²) in [5, 5.41) is 13.0. The third-order valence-corrected chi connectivity index (χ3v) is 5.22. The van der Waals surface area contributed by atoms with Gasteiger partial charge in [-0.3, -0.25) is 10.1 Å². The Morgan fingerprint density at radius 2 is 1.78 bits per heavy atom. The van der Waals surface area contributed by atoms with Gasteiger partial charge in [0.15, 0.2) is 4.80 Å². The molecule has 0 spiro atoms. The van der Waals surface area contributed by atoms with Crippen LogP contribution in [0, 0.1) is 23.0 Å². The minimum Gasteiger partial charge on any atom is -0.316 e. The van der Waals surface area contributed by atoms with Crippen molar-refractivity contribution in [2.45, 2.75) is 33.7 Å². The van der Waals surface area contributed by atoms with Crippen molar-refractivity contribution in [1.82, 2.24) is 4.57 Å². The molecule has 1 heterocycles. The van der Waals surface area contributed by atoms with E-state index in [0.717, 1.165) is 34.7 Å². The van der Waals surface area contributed by atoms with E-state index >= 15 is 0 Å². The lowest BCUT2D eigenvalue weighted by atomic mass is 10.1. The fourth-order valence-electron chi connectivity index (χ4n) is 2.74. The van der Waals surface area contributed by atoms with E-state index in [2.05, 4.69) is 42.9 Å². The van der Waals surface area contributed by atoms with Crippen molar-refractivity contribution in [2.75, 3.05) is 0 Å². The summed E-state index contributed by atoms with van der Waals surface area (Å²) in [5.74, 6) is 0.578. The van der Waals surface area contributed by atoms with Crippen molar-refractivity contribution in [3.05, 3.63) is 74.4 Å². The molecule has 0 saturated carbocycles. The third kappa shape index (κ3) is 4.71. The highest BCUT2D eigenvalue weighted by Gasteiger charge is 2.11. The molecule has 140 valence electrons. The van der Waals surface area contributed by atoms with E-state index in [-0.39, 0.29) is 10.6 Å². The Kier molecular flexibility index (Phi) is 5.86. The first-order valence-electron chi connectivity index (χ1n) is 8.98. The summed E-state index contributed by atoms with van der Waals surface area (Å²) < 4.78 is 2.21. The molecule has 0 N–H and O–H groups in total. The Morgan fingerprint density at radius 3 is 2.37 bits per heavy atom. The lowest BCUT2D eigenvalue weighted by Gasteiger charge is -2.11. The first-order valence-corrected chi connectivity index (χ1v) is 9.86. The predicted molar refractivity (Wildman–Crippen MR) is 110 cm³/mol. The number of nitro groups is 1. The average Bonchev–Trinajstić information content (AvgIpc) is 3.04. The largest absolute Gasteiger partial charge is 0.316 e. The van der Waals surface area contributed by atoms with Crippen molar-refractivity contribution < 1.29 is 4.92 Å². The quantitative estimate of drug-likeness (QED) is 0.405. The molecule has 5 nitrogen and oxygen atoms in total. The number of aromatic nitrogens is 1. The van der Waals surface area contributed by atoms with Crippen LogP contribution in [-0.2, 0) is 6.54 Å². The van der Waals surface area contributed by atoms with Gasteiger partial charge in [0.05, 0.1) is 16.3 Å². The van der Waals surface area contributed by atoms with Gasteiger partial charge >= 0.3 is 0 Å². The first-order chi connectivity index (χ1) is 12.9. The molecule has 3 aromatic rings. The Labute approximate surface area is 162 Å². The molecule has 0 aliphatic rings. The van der Waals surface area contributed by atoms with Crippen molar-refractivity contribution >= 4 is 22.7 Å². The van der Waals surface area contributed by atoms with Crippen molar-refractivity contribution in [3.8, 4) is 11.3 Å². The van der Waals surface area contributed by atoms with E-state index in [1.165, 1.54) is 5.56 Å². The molecule has 0 radical (unpaired) electrons. The molecule has 0 bridgehead atoms. The summed E-state index contributed by atoms with van der Waals surface area (Å²) in [7, 11) is 0. The maximum Gasteiger partial charge on any atom is 0.269 e. The molecule has 27 heavy (non-hydrogen) atoms. The van der Waals surface area contributed by atoms with Gasteiger partial charge in [-0.1, -0.05) is 31.5 Å². The Balaban J connectivity index is 2.04. The molecule has 0 fully saturated rings. The second-order valence-corrected chi connectivity index (χ2v) is 7.83. The molecular formula is C21H23N3O2S. The topological polar surface area (TPSA) is 60.4 Å². The Hall–Kier alpha value is -2.73. The molecule has 0 aliphatic carbocycles. The summed E-state index contributed by atoms with van der Waals surface area (Å²) in [6.07, 6.45) is 1.04. The number of rotatable bonds is 6. The summed E-state index contributed by atoms with van der Waals surface area (Å²) in [5.41, 5.74) is 4.25. The number of aryl methyl sites for hydroxylation is 1. The van der Waals surface area contributed by atoms with E-state index in [1.807, 2.05) is 24.3 Å². The maximum absolute atomic E-state index is 10.9. The number of nitrogens with zero attached hydrogens (tertiary/aromatic N) is 3. The molecule has 0 saturated heterocycles. The van der Waals surface area contributed by atoms with Crippen LogP contribution in [0.25, 0.3) is 11.3 Å². The SMILES string of the molecule is Cc1ccc(N=c2scc(-c3ccc([N+](=O)[O-])cc3)n2CCC(C)C)cc1. The predicted octanol–water partition coefficient (Wildman–Crippen LogP) is 5.71. The van der Waals surface area contributed by atoms with Crippen LogP contribution in [0.15, 0.2) is 58.9 Å². The molecule has 0 atom stereocenters. The number of nitro benzene ring substituents is 1. The molecule has 0 aliphatic heterocycles. The van der Waals surface area contributed by atoms with Gasteiger partial charge in [-0.25, -0.2) is 4.99 Å². The smallest absolute Gasteiger partial charge is 0.269 e. The lowest BCUT2D eigenvalue weighted by Crippen LogP contribution is -2.17. The molecule has 6 heteroatoms. The van der Waals surface area contributed by atoms with E-state index in [9.17, 15) is 10.1 Å². The van der Waals surface area contributed by atoms with Crippen LogP contribution < -0.4 is 4.80 Å². The van der Waals surface area contributed by atoms with E-state index < -0.39 is 0 Å². The van der Waals surface area contributed by atoms with Gasteiger partial charge in [-0.05, 0) is 49.1 Å². The van der Waals surface area contributed by atoms with Gasteiger partial charge in [0, 0.05) is 24.1 Å². The molecule has 0 unspecified atom stereocenters. The lowest BCUT2D eigenvalue weighted by molar-refractivity contribution is -0.384. The molecular weight excluding hydrogens is 358 g/mol. The van der Waals surface area contributed by atoms with Crippen molar-refractivity contribution in [1.29, 1.82) is 0 Å². The van der Waals surface area contributed by atoms with Crippen LogP contribution >= 0.6 is 11.3 Å². The zero-order valence-electron chi connectivity index (χ0n) is 15.8. The van der Waals surface area contributed by atoms with E-state index in [1.54, 1.807) is 23.5 Å². The Bertz CT molecular complexity index is 984. The van der Waals surface area contributed by atoms with Gasteiger partial charge in [0.2, 0.25) is 0 Å². The minimum atomic E-state index is -0.373. The molecule has 1 aromatic heterocycles. The second kappa shape index (κ2) is 8.31. The summed E-state index contributed by atoms with van der Waals surface area (Å²) >= 11 is 1.59. The van der Waals surface area contributed by atoms with Gasteiger partial charge in [0.1, 0.15) is 0 Å².